The van der Waals surface area contributed by atoms with Crippen molar-refractivity contribution in [2.45, 2.75) is 11.5 Å². The van der Waals surface area contributed by atoms with Gasteiger partial charge in [0.1, 0.15) is 11.6 Å². The molecule has 1 aromatic rings. The third-order valence-corrected chi connectivity index (χ3v) is 2.97. The fourth-order valence-electron chi connectivity index (χ4n) is 1.07. The van der Waals surface area contributed by atoms with Gasteiger partial charge in [-0.25, -0.2) is 17.2 Å². The Hall–Kier alpha value is -1.46. The highest BCUT2D eigenvalue weighted by atomic mass is 35.7. The largest absolute Gasteiger partial charge is 0.480 e. The van der Waals surface area contributed by atoms with Crippen LogP contribution < -0.4 is 4.74 Å². The molecule has 0 amide bonds. The summed E-state index contributed by atoms with van der Waals surface area (Å²) in [6, 6.07) is 2.02. The van der Waals surface area contributed by atoms with E-state index in [1.165, 1.54) is 6.07 Å². The van der Waals surface area contributed by atoms with Crippen molar-refractivity contribution in [3.8, 4) is 11.9 Å². The van der Waals surface area contributed by atoms with E-state index in [1.54, 1.807) is 0 Å². The summed E-state index contributed by atoms with van der Waals surface area (Å²) in [5, 5.41) is 7.90. The molecule has 0 radical (unpaired) electrons. The van der Waals surface area contributed by atoms with Crippen LogP contribution >= 0.6 is 10.7 Å². The first kappa shape index (κ1) is 13.6. The molecule has 0 bridgehead atoms. The van der Waals surface area contributed by atoms with E-state index in [0.717, 1.165) is 7.11 Å². The number of pyridine rings is 1. The number of hydrogen-bond donors (Lipinski definition) is 0. The fraction of sp³-hybridized carbons (Fsp3) is 0.250. The number of nitrogens with zero attached hydrogens (tertiary/aromatic N) is 2. The van der Waals surface area contributed by atoms with Crippen LogP contribution in [0.3, 0.4) is 0 Å². The van der Waals surface area contributed by atoms with Gasteiger partial charge in [-0.05, 0) is 6.07 Å². The molecule has 0 aliphatic rings. The summed E-state index contributed by atoms with van der Waals surface area (Å²) in [5.41, 5.74) is -1.31. The molecule has 0 N–H and O–H groups in total. The molecular weight excluding hydrogens is 278 g/mol. The lowest BCUT2D eigenvalue weighted by Gasteiger charge is -2.08. The highest BCUT2D eigenvalue weighted by molar-refractivity contribution is 8.13. The zero-order valence-electron chi connectivity index (χ0n) is 8.32. The first-order chi connectivity index (χ1) is 7.81. The number of ether oxygens (including phenoxy) is 1. The second-order valence-corrected chi connectivity index (χ2v) is 5.30. The number of aromatic nitrogens is 1. The molecule has 1 heterocycles. The number of nitriles is 1. The van der Waals surface area contributed by atoms with E-state index in [-0.39, 0.29) is 0 Å². The number of rotatable bonds is 3. The average molecular weight is 283 g/mol. The second kappa shape index (κ2) is 4.81. The van der Waals surface area contributed by atoms with Crippen molar-refractivity contribution >= 4 is 19.7 Å². The quantitative estimate of drug-likeness (QED) is 0.790. The van der Waals surface area contributed by atoms with Gasteiger partial charge in [0.25, 0.3) is 15.5 Å². The number of methoxy groups -OCH3 is 1. The molecule has 0 unspecified atom stereocenters. The predicted molar refractivity (Wildman–Crippen MR) is 53.5 cm³/mol. The fourth-order valence-corrected chi connectivity index (χ4v) is 1.77. The topological polar surface area (TPSA) is 80.0 Å². The van der Waals surface area contributed by atoms with Crippen molar-refractivity contribution in [2.75, 3.05) is 7.11 Å². The van der Waals surface area contributed by atoms with Gasteiger partial charge < -0.3 is 4.74 Å². The van der Waals surface area contributed by atoms with E-state index in [4.69, 9.17) is 15.9 Å². The Morgan fingerprint density at radius 3 is 2.53 bits per heavy atom. The van der Waals surface area contributed by atoms with Gasteiger partial charge in [0.2, 0.25) is 5.88 Å². The predicted octanol–water partition coefficient (Wildman–Crippen LogP) is 1.83. The standard InChI is InChI=1S/C8H5ClF2N2O3S/c1-16-8-5(3-12)4(7(10)11)2-6(13-8)17(9,14)15/h2,7H,1H3. The van der Waals surface area contributed by atoms with E-state index in [1.807, 2.05) is 0 Å². The molecule has 0 spiro atoms. The SMILES string of the molecule is COc1nc(S(=O)(=O)Cl)cc(C(F)F)c1C#N. The Kier molecular flexibility index (Phi) is 3.85. The number of alkyl halides is 2. The lowest BCUT2D eigenvalue weighted by molar-refractivity contribution is 0.150. The van der Waals surface area contributed by atoms with Crippen LogP contribution in [0.25, 0.3) is 0 Å². The van der Waals surface area contributed by atoms with Gasteiger partial charge in [0, 0.05) is 16.2 Å². The molecule has 0 saturated heterocycles. The molecule has 0 saturated carbocycles. The molecular formula is C8H5ClF2N2O3S. The highest BCUT2D eigenvalue weighted by Gasteiger charge is 2.24. The first-order valence-corrected chi connectivity index (χ1v) is 6.34. The van der Waals surface area contributed by atoms with Crippen LogP contribution in [0, 0.1) is 11.3 Å². The third-order valence-electron chi connectivity index (χ3n) is 1.78. The molecule has 1 aromatic heterocycles. The van der Waals surface area contributed by atoms with Crippen LogP contribution in [-0.2, 0) is 9.05 Å². The molecule has 0 aliphatic heterocycles. The van der Waals surface area contributed by atoms with E-state index >= 15 is 0 Å². The van der Waals surface area contributed by atoms with Crippen LogP contribution in [-0.4, -0.2) is 20.5 Å². The van der Waals surface area contributed by atoms with Crippen molar-refractivity contribution < 1.29 is 21.9 Å². The van der Waals surface area contributed by atoms with E-state index in [9.17, 15) is 17.2 Å². The molecule has 5 nitrogen and oxygen atoms in total. The number of halogens is 3. The molecule has 0 fully saturated rings. The summed E-state index contributed by atoms with van der Waals surface area (Å²) in [5.74, 6) is -0.510. The molecule has 0 atom stereocenters. The zero-order chi connectivity index (χ0) is 13.2. The van der Waals surface area contributed by atoms with Gasteiger partial charge in [-0.3, -0.25) is 0 Å². The van der Waals surface area contributed by atoms with Gasteiger partial charge in [0.15, 0.2) is 5.03 Å². The molecule has 1 rings (SSSR count). The maximum Gasteiger partial charge on any atom is 0.278 e. The maximum atomic E-state index is 12.6. The van der Waals surface area contributed by atoms with E-state index in [0.29, 0.717) is 6.07 Å². The van der Waals surface area contributed by atoms with Gasteiger partial charge in [-0.1, -0.05) is 0 Å². The normalized spacial score (nSPS) is 11.3. The lowest BCUT2D eigenvalue weighted by atomic mass is 10.1. The highest BCUT2D eigenvalue weighted by Crippen LogP contribution is 2.30. The summed E-state index contributed by atoms with van der Waals surface area (Å²) in [6.07, 6.45) is -3.04. The first-order valence-electron chi connectivity index (χ1n) is 4.03. The minimum Gasteiger partial charge on any atom is -0.480 e. The summed E-state index contributed by atoms with van der Waals surface area (Å²) >= 11 is 0. The van der Waals surface area contributed by atoms with Crippen LogP contribution in [0.15, 0.2) is 11.1 Å². The van der Waals surface area contributed by atoms with Gasteiger partial charge in [0.05, 0.1) is 7.11 Å². The van der Waals surface area contributed by atoms with Gasteiger partial charge in [-0.2, -0.15) is 10.2 Å². The van der Waals surface area contributed by atoms with Crippen molar-refractivity contribution in [2.24, 2.45) is 0 Å². The van der Waals surface area contributed by atoms with Gasteiger partial charge >= 0.3 is 0 Å². The van der Waals surface area contributed by atoms with Crippen LogP contribution in [0.5, 0.6) is 5.88 Å². The maximum absolute atomic E-state index is 12.6. The minimum atomic E-state index is -4.28. The molecule has 92 valence electrons. The van der Waals surface area contributed by atoms with Crippen LogP contribution in [0.1, 0.15) is 17.6 Å². The Balaban J connectivity index is 3.65. The Morgan fingerprint density at radius 2 is 2.18 bits per heavy atom. The average Bonchev–Trinajstić information content (AvgIpc) is 2.25. The van der Waals surface area contributed by atoms with Crippen LogP contribution in [0.4, 0.5) is 8.78 Å². The summed E-state index contributed by atoms with van der Waals surface area (Å²) in [4.78, 5) is 3.38. The van der Waals surface area contributed by atoms with Crippen molar-refractivity contribution in [3.05, 3.63) is 17.2 Å². The summed E-state index contributed by atoms with van der Waals surface area (Å²) in [7, 11) is 1.78. The number of hydrogen-bond acceptors (Lipinski definition) is 5. The summed E-state index contributed by atoms with van der Waals surface area (Å²) < 4.78 is 51.8. The monoisotopic (exact) mass is 282 g/mol. The third kappa shape index (κ3) is 2.81. The van der Waals surface area contributed by atoms with Crippen molar-refractivity contribution in [1.29, 1.82) is 5.26 Å². The van der Waals surface area contributed by atoms with E-state index < -0.39 is 37.5 Å². The van der Waals surface area contributed by atoms with E-state index in [2.05, 4.69) is 9.72 Å². The molecule has 0 aromatic carbocycles. The lowest BCUT2D eigenvalue weighted by Crippen LogP contribution is -2.04. The zero-order valence-corrected chi connectivity index (χ0v) is 9.89. The Morgan fingerprint density at radius 1 is 1.59 bits per heavy atom. The van der Waals surface area contributed by atoms with Crippen LogP contribution in [0.2, 0.25) is 0 Å². The summed E-state index contributed by atoms with van der Waals surface area (Å²) in [6.45, 7) is 0. The Labute approximate surface area is 100 Å². The smallest absolute Gasteiger partial charge is 0.278 e. The van der Waals surface area contributed by atoms with Gasteiger partial charge in [-0.15, -0.1) is 0 Å². The molecule has 0 aliphatic carbocycles. The van der Waals surface area contributed by atoms with Crippen molar-refractivity contribution in [1.82, 2.24) is 4.98 Å². The minimum absolute atomic E-state index is 0.510. The second-order valence-electron chi connectivity index (χ2n) is 2.78. The van der Waals surface area contributed by atoms with Crippen molar-refractivity contribution in [3.63, 3.8) is 0 Å². The molecule has 17 heavy (non-hydrogen) atoms. The Bertz CT molecular complexity index is 583. The molecule has 9 heteroatoms.